The predicted molar refractivity (Wildman–Crippen MR) is 83.3 cm³/mol. The molecule has 2 atom stereocenters. The summed E-state index contributed by atoms with van der Waals surface area (Å²) in [5, 5.41) is 14.3. The van der Waals surface area contributed by atoms with Gasteiger partial charge in [-0.25, -0.2) is 13.1 Å². The van der Waals surface area contributed by atoms with Crippen molar-refractivity contribution < 1.29 is 13.3 Å². The Morgan fingerprint density at radius 3 is 2.64 bits per heavy atom. The zero-order valence-corrected chi connectivity index (χ0v) is 13.7. The summed E-state index contributed by atoms with van der Waals surface area (Å²) >= 11 is 0. The highest BCUT2D eigenvalue weighted by molar-refractivity contribution is 7.89. The number of nitro benzene ring substituents is 1. The molecule has 1 aliphatic rings. The second kappa shape index (κ2) is 6.31. The Morgan fingerprint density at radius 1 is 1.36 bits per heavy atom. The second-order valence-corrected chi connectivity index (χ2v) is 7.46. The van der Waals surface area contributed by atoms with Crippen LogP contribution in [0.5, 0.6) is 0 Å². The maximum absolute atomic E-state index is 12.7. The van der Waals surface area contributed by atoms with Crippen LogP contribution < -0.4 is 10.0 Å². The lowest BCUT2D eigenvalue weighted by Crippen LogP contribution is -2.50. The second-order valence-electron chi connectivity index (χ2n) is 5.81. The van der Waals surface area contributed by atoms with Crippen LogP contribution in [0.2, 0.25) is 0 Å². The van der Waals surface area contributed by atoms with Crippen LogP contribution in [-0.4, -0.2) is 32.5 Å². The maximum atomic E-state index is 12.7. The third kappa shape index (κ3) is 3.29. The van der Waals surface area contributed by atoms with Crippen LogP contribution in [0, 0.1) is 29.9 Å². The Bertz CT molecular complexity index is 688. The molecule has 1 saturated heterocycles. The quantitative estimate of drug-likeness (QED) is 0.644. The molecule has 8 heteroatoms. The third-order valence-electron chi connectivity index (χ3n) is 4.26. The van der Waals surface area contributed by atoms with Gasteiger partial charge in [0.25, 0.3) is 5.69 Å². The van der Waals surface area contributed by atoms with Gasteiger partial charge in [0.15, 0.2) is 4.90 Å². The van der Waals surface area contributed by atoms with Gasteiger partial charge < -0.3 is 5.32 Å². The van der Waals surface area contributed by atoms with E-state index in [1.165, 1.54) is 6.07 Å². The molecular weight excluding hydrogens is 306 g/mol. The van der Waals surface area contributed by atoms with Gasteiger partial charge in [-0.2, -0.15) is 0 Å². The Labute approximate surface area is 130 Å². The minimum Gasteiger partial charge on any atom is -0.315 e. The molecule has 0 bridgehead atoms. The molecule has 1 aliphatic heterocycles. The molecule has 1 fully saturated rings. The van der Waals surface area contributed by atoms with Gasteiger partial charge in [-0.15, -0.1) is 0 Å². The lowest BCUT2D eigenvalue weighted by Gasteiger charge is -2.30. The molecule has 2 N–H and O–H groups in total. The number of sulfonamides is 1. The van der Waals surface area contributed by atoms with Crippen LogP contribution in [0.15, 0.2) is 17.0 Å². The summed E-state index contributed by atoms with van der Waals surface area (Å²) in [6, 6.07) is 2.55. The topological polar surface area (TPSA) is 101 Å². The molecule has 22 heavy (non-hydrogen) atoms. The largest absolute Gasteiger partial charge is 0.315 e. The number of nitrogens with zero attached hydrogens (tertiary/aromatic N) is 1. The van der Waals surface area contributed by atoms with Crippen molar-refractivity contribution in [1.29, 1.82) is 0 Å². The van der Waals surface area contributed by atoms with Crippen molar-refractivity contribution in [2.75, 3.05) is 13.1 Å². The van der Waals surface area contributed by atoms with E-state index in [4.69, 9.17) is 0 Å². The van der Waals surface area contributed by atoms with E-state index in [0.717, 1.165) is 13.0 Å². The molecule has 2 unspecified atom stereocenters. The fourth-order valence-electron chi connectivity index (χ4n) is 2.66. The molecule has 0 amide bonds. The molecule has 0 radical (unpaired) electrons. The van der Waals surface area contributed by atoms with Crippen molar-refractivity contribution >= 4 is 15.7 Å². The summed E-state index contributed by atoms with van der Waals surface area (Å²) in [7, 11) is -3.95. The van der Waals surface area contributed by atoms with Crippen molar-refractivity contribution in [2.45, 2.75) is 38.1 Å². The van der Waals surface area contributed by atoms with Gasteiger partial charge in [-0.3, -0.25) is 10.1 Å². The first-order chi connectivity index (χ1) is 10.2. The van der Waals surface area contributed by atoms with Gasteiger partial charge >= 0.3 is 0 Å². The smallest absolute Gasteiger partial charge is 0.289 e. The van der Waals surface area contributed by atoms with E-state index >= 15 is 0 Å². The molecule has 1 aromatic carbocycles. The first-order valence-corrected chi connectivity index (χ1v) is 8.70. The van der Waals surface area contributed by atoms with E-state index in [1.54, 1.807) is 19.9 Å². The molecule has 122 valence electrons. The average molecular weight is 327 g/mol. The minimum atomic E-state index is -3.95. The average Bonchev–Trinajstić information content (AvgIpc) is 2.43. The Morgan fingerprint density at radius 2 is 2.05 bits per heavy atom. The highest BCUT2D eigenvalue weighted by Gasteiger charge is 2.33. The van der Waals surface area contributed by atoms with Crippen LogP contribution in [0.3, 0.4) is 0 Å². The van der Waals surface area contributed by atoms with Gasteiger partial charge in [-0.1, -0.05) is 13.0 Å². The molecule has 0 aromatic heterocycles. The van der Waals surface area contributed by atoms with Crippen LogP contribution in [0.1, 0.15) is 24.5 Å². The zero-order valence-electron chi connectivity index (χ0n) is 12.9. The van der Waals surface area contributed by atoms with Crippen molar-refractivity contribution in [1.82, 2.24) is 10.0 Å². The summed E-state index contributed by atoms with van der Waals surface area (Å²) in [6.07, 6.45) is 0.863. The first-order valence-electron chi connectivity index (χ1n) is 7.21. The Hall–Kier alpha value is -1.51. The van der Waals surface area contributed by atoms with E-state index in [0.29, 0.717) is 17.7 Å². The fraction of sp³-hybridized carbons (Fsp3) is 0.571. The van der Waals surface area contributed by atoms with Crippen molar-refractivity contribution in [2.24, 2.45) is 5.92 Å². The normalized spacial score (nSPS) is 22.5. The zero-order chi connectivity index (χ0) is 16.5. The molecule has 1 heterocycles. The van der Waals surface area contributed by atoms with Crippen LogP contribution in [0.25, 0.3) is 0 Å². The molecule has 0 aliphatic carbocycles. The SMILES string of the molecule is Cc1ccc([N+](=O)[O-])c(S(=O)(=O)NC2CNCCC2C)c1C. The van der Waals surface area contributed by atoms with Gasteiger partial charge in [0, 0.05) is 18.7 Å². The molecular formula is C14H21N3O4S. The number of benzene rings is 1. The Balaban J connectivity index is 2.45. The Kier molecular flexibility index (Phi) is 4.84. The molecule has 2 rings (SSSR count). The number of rotatable bonds is 4. The van der Waals surface area contributed by atoms with Gasteiger partial charge in [0.2, 0.25) is 10.0 Å². The number of hydrogen-bond donors (Lipinski definition) is 2. The highest BCUT2D eigenvalue weighted by Crippen LogP contribution is 2.30. The van der Waals surface area contributed by atoms with E-state index in [2.05, 4.69) is 10.0 Å². The van der Waals surface area contributed by atoms with Crippen LogP contribution in [0.4, 0.5) is 5.69 Å². The highest BCUT2D eigenvalue weighted by atomic mass is 32.2. The first kappa shape index (κ1) is 16.9. The number of nitro groups is 1. The van der Waals surface area contributed by atoms with E-state index in [9.17, 15) is 18.5 Å². The van der Waals surface area contributed by atoms with Gasteiger partial charge in [0.1, 0.15) is 0 Å². The van der Waals surface area contributed by atoms with Crippen molar-refractivity contribution in [3.63, 3.8) is 0 Å². The van der Waals surface area contributed by atoms with Gasteiger partial charge in [-0.05, 0) is 43.9 Å². The van der Waals surface area contributed by atoms with Crippen LogP contribution >= 0.6 is 0 Å². The lowest BCUT2D eigenvalue weighted by molar-refractivity contribution is -0.387. The summed E-state index contributed by atoms with van der Waals surface area (Å²) in [5.41, 5.74) is 0.742. The monoisotopic (exact) mass is 327 g/mol. The maximum Gasteiger partial charge on any atom is 0.289 e. The van der Waals surface area contributed by atoms with E-state index in [-0.39, 0.29) is 22.5 Å². The predicted octanol–water partition coefficient (Wildman–Crippen LogP) is 1.49. The van der Waals surface area contributed by atoms with E-state index in [1.807, 2.05) is 6.92 Å². The summed E-state index contributed by atoms with van der Waals surface area (Å²) in [4.78, 5) is 10.3. The summed E-state index contributed by atoms with van der Waals surface area (Å²) in [6.45, 7) is 6.69. The van der Waals surface area contributed by atoms with Gasteiger partial charge in [0.05, 0.1) is 4.92 Å². The van der Waals surface area contributed by atoms with Crippen molar-refractivity contribution in [3.8, 4) is 0 Å². The number of piperidine rings is 1. The minimum absolute atomic E-state index is 0.181. The molecule has 0 saturated carbocycles. The van der Waals surface area contributed by atoms with Crippen LogP contribution in [-0.2, 0) is 10.0 Å². The van der Waals surface area contributed by atoms with Crippen molar-refractivity contribution in [3.05, 3.63) is 33.4 Å². The molecule has 0 spiro atoms. The standard InChI is InChI=1S/C14H21N3O4S/c1-9-4-5-13(17(18)19)14(11(9)3)22(20,21)16-12-8-15-7-6-10(12)2/h4-5,10,12,15-16H,6-8H2,1-3H3. The lowest BCUT2D eigenvalue weighted by atomic mass is 9.96. The molecule has 1 aromatic rings. The summed E-state index contributed by atoms with van der Waals surface area (Å²) in [5.74, 6) is 0.181. The number of aryl methyl sites for hydroxylation is 1. The van der Waals surface area contributed by atoms with E-state index < -0.39 is 14.9 Å². The molecule has 7 nitrogen and oxygen atoms in total. The number of nitrogens with one attached hydrogen (secondary N) is 2. The summed E-state index contributed by atoms with van der Waals surface area (Å²) < 4.78 is 28.0. The fourth-order valence-corrected chi connectivity index (χ4v) is 4.48. The third-order valence-corrected chi connectivity index (χ3v) is 5.92. The number of hydrogen-bond acceptors (Lipinski definition) is 5.